The van der Waals surface area contributed by atoms with Crippen molar-refractivity contribution in [2.24, 2.45) is 0 Å². The van der Waals surface area contributed by atoms with Crippen LogP contribution in [-0.4, -0.2) is 34.0 Å². The Bertz CT molecular complexity index is 518. The summed E-state index contributed by atoms with van der Waals surface area (Å²) >= 11 is 0. The molecule has 0 bridgehead atoms. The topological polar surface area (TPSA) is 57.6 Å². The fourth-order valence-electron chi connectivity index (χ4n) is 2.51. The molecule has 1 aliphatic rings. The zero-order valence-electron chi connectivity index (χ0n) is 11.8. The van der Waals surface area contributed by atoms with Crippen molar-refractivity contribution >= 4 is 11.8 Å². The lowest BCUT2D eigenvalue weighted by atomic mass is 9.97. The Balaban J connectivity index is 2.63. The number of benzene rings is 1. The van der Waals surface area contributed by atoms with Gasteiger partial charge in [0.15, 0.2) is 0 Å². The van der Waals surface area contributed by atoms with Crippen LogP contribution in [0.25, 0.3) is 0 Å². The van der Waals surface area contributed by atoms with E-state index in [0.717, 1.165) is 11.1 Å². The van der Waals surface area contributed by atoms with Gasteiger partial charge in [-0.2, -0.15) is 0 Å². The van der Waals surface area contributed by atoms with Gasteiger partial charge in [-0.05, 0) is 38.3 Å². The van der Waals surface area contributed by atoms with Gasteiger partial charge in [0.05, 0.1) is 23.3 Å². The number of hydrogen-bond donors (Lipinski definition) is 1. The largest absolute Gasteiger partial charge is 0.394 e. The Kier molecular flexibility index (Phi) is 3.22. The number of hydrogen-bond acceptors (Lipinski definition) is 3. The molecular weight excluding hydrogens is 242 g/mol. The van der Waals surface area contributed by atoms with Gasteiger partial charge in [0.25, 0.3) is 11.8 Å². The summed E-state index contributed by atoms with van der Waals surface area (Å²) in [5.74, 6) is -0.584. The van der Waals surface area contributed by atoms with Crippen molar-refractivity contribution in [1.29, 1.82) is 0 Å². The van der Waals surface area contributed by atoms with Gasteiger partial charge in [-0.25, -0.2) is 0 Å². The highest BCUT2D eigenvalue weighted by atomic mass is 16.3. The quantitative estimate of drug-likeness (QED) is 0.847. The van der Waals surface area contributed by atoms with Gasteiger partial charge < -0.3 is 5.11 Å². The van der Waals surface area contributed by atoms with Crippen LogP contribution in [0, 0.1) is 13.8 Å². The van der Waals surface area contributed by atoms with Crippen LogP contribution < -0.4 is 0 Å². The van der Waals surface area contributed by atoms with Crippen molar-refractivity contribution in [3.8, 4) is 0 Å². The molecule has 0 fully saturated rings. The van der Waals surface area contributed by atoms with E-state index in [0.29, 0.717) is 17.5 Å². The lowest BCUT2D eigenvalue weighted by Gasteiger charge is -2.34. The van der Waals surface area contributed by atoms with Crippen LogP contribution in [0.3, 0.4) is 0 Å². The van der Waals surface area contributed by atoms with Gasteiger partial charge in [-0.15, -0.1) is 0 Å². The maximum atomic E-state index is 12.5. The van der Waals surface area contributed by atoms with Crippen molar-refractivity contribution in [2.75, 3.05) is 6.61 Å². The van der Waals surface area contributed by atoms with E-state index in [-0.39, 0.29) is 18.4 Å². The molecule has 102 valence electrons. The molecule has 0 radical (unpaired) electrons. The molecule has 0 aromatic heterocycles. The monoisotopic (exact) mass is 261 g/mol. The minimum Gasteiger partial charge on any atom is -0.394 e. The summed E-state index contributed by atoms with van der Waals surface area (Å²) in [6.45, 7) is 7.02. The second-order valence-corrected chi connectivity index (χ2v) is 5.40. The maximum absolute atomic E-state index is 12.5. The van der Waals surface area contributed by atoms with Gasteiger partial charge >= 0.3 is 0 Å². The summed E-state index contributed by atoms with van der Waals surface area (Å²) in [6, 6.07) is 3.70. The van der Waals surface area contributed by atoms with Crippen LogP contribution in [0.15, 0.2) is 12.1 Å². The highest BCUT2D eigenvalue weighted by Crippen LogP contribution is 2.34. The van der Waals surface area contributed by atoms with E-state index in [1.165, 1.54) is 4.90 Å². The zero-order chi connectivity index (χ0) is 14.4. The number of rotatable bonds is 3. The molecule has 4 nitrogen and oxygen atoms in total. The smallest absolute Gasteiger partial charge is 0.262 e. The summed E-state index contributed by atoms with van der Waals surface area (Å²) in [6.07, 6.45) is 0.521. The van der Waals surface area contributed by atoms with Crippen molar-refractivity contribution in [3.05, 3.63) is 34.4 Å². The molecule has 2 amide bonds. The second kappa shape index (κ2) is 4.46. The second-order valence-electron chi connectivity index (χ2n) is 5.40. The fourth-order valence-corrected chi connectivity index (χ4v) is 2.51. The number of carbonyl (C=O) groups is 2. The molecule has 1 heterocycles. The molecule has 1 unspecified atom stereocenters. The highest BCUT2D eigenvalue weighted by Gasteiger charge is 2.46. The minimum atomic E-state index is -0.841. The number of imide groups is 1. The lowest BCUT2D eigenvalue weighted by molar-refractivity contribution is 0.0292. The first-order chi connectivity index (χ1) is 8.87. The number of nitrogens with zero attached hydrogens (tertiary/aromatic N) is 1. The predicted molar refractivity (Wildman–Crippen MR) is 72.2 cm³/mol. The number of fused-ring (bicyclic) bond motifs is 1. The standard InChI is InChI=1S/C15H19NO3/c1-5-15(4,8-17)16-13(18)11-9(2)6-7-10(3)12(11)14(16)19/h6-7,17H,5,8H2,1-4H3. The number of aliphatic hydroxyl groups excluding tert-OH is 1. The third-order valence-electron chi connectivity index (χ3n) is 4.10. The summed E-state index contributed by atoms with van der Waals surface area (Å²) in [5.41, 5.74) is 1.73. The van der Waals surface area contributed by atoms with Gasteiger partial charge in [0.2, 0.25) is 0 Å². The Morgan fingerprint density at radius 2 is 1.53 bits per heavy atom. The molecule has 1 aliphatic heterocycles. The summed E-state index contributed by atoms with van der Waals surface area (Å²) in [4.78, 5) is 26.3. The Morgan fingerprint density at radius 3 is 1.84 bits per heavy atom. The molecular formula is C15H19NO3. The van der Waals surface area contributed by atoms with Crippen LogP contribution in [0.4, 0.5) is 0 Å². The van der Waals surface area contributed by atoms with Crippen LogP contribution in [0.2, 0.25) is 0 Å². The lowest BCUT2D eigenvalue weighted by Crippen LogP contribution is -2.51. The van der Waals surface area contributed by atoms with Crippen LogP contribution in [0.1, 0.15) is 52.1 Å². The van der Waals surface area contributed by atoms with E-state index in [2.05, 4.69) is 0 Å². The van der Waals surface area contributed by atoms with Crippen molar-refractivity contribution in [1.82, 2.24) is 4.90 Å². The number of aliphatic hydroxyl groups is 1. The number of carbonyl (C=O) groups excluding carboxylic acids is 2. The number of amides is 2. The average Bonchev–Trinajstić information content (AvgIpc) is 2.67. The Hall–Kier alpha value is -1.68. The minimum absolute atomic E-state index is 0.229. The fraction of sp³-hybridized carbons (Fsp3) is 0.467. The molecule has 1 N–H and O–H groups in total. The van der Waals surface area contributed by atoms with Gasteiger partial charge in [0.1, 0.15) is 0 Å². The average molecular weight is 261 g/mol. The molecule has 0 spiro atoms. The van der Waals surface area contributed by atoms with E-state index < -0.39 is 5.54 Å². The number of aryl methyl sites for hydroxylation is 2. The SMILES string of the molecule is CCC(C)(CO)N1C(=O)c2c(C)ccc(C)c2C1=O. The molecule has 1 atom stereocenters. The maximum Gasteiger partial charge on any atom is 0.262 e. The Morgan fingerprint density at radius 1 is 1.11 bits per heavy atom. The predicted octanol–water partition coefficient (Wildman–Crippen LogP) is 2.06. The normalized spacial score (nSPS) is 17.6. The van der Waals surface area contributed by atoms with Crippen molar-refractivity contribution in [3.63, 3.8) is 0 Å². The van der Waals surface area contributed by atoms with Crippen molar-refractivity contribution in [2.45, 2.75) is 39.7 Å². The molecule has 0 saturated heterocycles. The van der Waals surface area contributed by atoms with E-state index >= 15 is 0 Å². The molecule has 1 aromatic carbocycles. The molecule has 0 aliphatic carbocycles. The molecule has 0 saturated carbocycles. The third kappa shape index (κ3) is 1.78. The van der Waals surface area contributed by atoms with Crippen LogP contribution in [0.5, 0.6) is 0 Å². The van der Waals surface area contributed by atoms with Crippen molar-refractivity contribution < 1.29 is 14.7 Å². The molecule has 1 aromatic rings. The molecule has 4 heteroatoms. The van der Waals surface area contributed by atoms with E-state index in [9.17, 15) is 14.7 Å². The van der Waals surface area contributed by atoms with Crippen LogP contribution >= 0.6 is 0 Å². The highest BCUT2D eigenvalue weighted by molar-refractivity contribution is 6.23. The third-order valence-corrected chi connectivity index (χ3v) is 4.10. The van der Waals surface area contributed by atoms with E-state index in [4.69, 9.17) is 0 Å². The summed E-state index contributed by atoms with van der Waals surface area (Å²) in [5, 5.41) is 9.55. The summed E-state index contributed by atoms with van der Waals surface area (Å²) < 4.78 is 0. The zero-order valence-corrected chi connectivity index (χ0v) is 11.8. The van der Waals surface area contributed by atoms with Crippen LogP contribution in [-0.2, 0) is 0 Å². The van der Waals surface area contributed by atoms with Gasteiger partial charge in [-0.1, -0.05) is 19.1 Å². The first kappa shape index (κ1) is 13.7. The van der Waals surface area contributed by atoms with Gasteiger partial charge in [-0.3, -0.25) is 14.5 Å². The van der Waals surface area contributed by atoms with E-state index in [1.54, 1.807) is 6.92 Å². The summed E-state index contributed by atoms with van der Waals surface area (Å²) in [7, 11) is 0. The first-order valence-corrected chi connectivity index (χ1v) is 6.47. The van der Waals surface area contributed by atoms with Gasteiger partial charge in [0, 0.05) is 0 Å². The molecule has 2 rings (SSSR count). The Labute approximate surface area is 113 Å². The van der Waals surface area contributed by atoms with E-state index in [1.807, 2.05) is 32.9 Å². The first-order valence-electron chi connectivity index (χ1n) is 6.47. The molecule has 19 heavy (non-hydrogen) atoms.